The van der Waals surface area contributed by atoms with Gasteiger partial charge in [0.25, 0.3) is 0 Å². The molecule has 0 aliphatic rings. The van der Waals surface area contributed by atoms with Crippen LogP contribution >= 0.6 is 11.8 Å². The summed E-state index contributed by atoms with van der Waals surface area (Å²) in [7, 11) is 0. The number of nitrogens with two attached hydrogens (primary N) is 1. The Kier molecular flexibility index (Phi) is 7.81. The maximum absolute atomic E-state index is 9.32. The molecular formula is C10H23NOS. The second kappa shape index (κ2) is 7.65. The Labute approximate surface area is 86.3 Å². The summed E-state index contributed by atoms with van der Waals surface area (Å²) in [6.07, 6.45) is 6.50. The lowest BCUT2D eigenvalue weighted by Gasteiger charge is -2.30. The second-order valence-electron chi connectivity index (χ2n) is 3.71. The monoisotopic (exact) mass is 205 g/mol. The van der Waals surface area contributed by atoms with Crippen molar-refractivity contribution in [2.75, 3.05) is 25.2 Å². The summed E-state index contributed by atoms with van der Waals surface area (Å²) >= 11 is 1.86. The molecule has 80 valence electrons. The SMILES string of the molecule is CCCC(CN)(CO)CCCSC. The van der Waals surface area contributed by atoms with Crippen molar-refractivity contribution < 1.29 is 5.11 Å². The van der Waals surface area contributed by atoms with Crippen LogP contribution < -0.4 is 5.73 Å². The maximum atomic E-state index is 9.32. The fourth-order valence-electron chi connectivity index (χ4n) is 1.67. The van der Waals surface area contributed by atoms with Gasteiger partial charge >= 0.3 is 0 Å². The molecule has 0 saturated heterocycles. The van der Waals surface area contributed by atoms with Crippen LogP contribution in [0.2, 0.25) is 0 Å². The van der Waals surface area contributed by atoms with E-state index < -0.39 is 0 Å². The second-order valence-corrected chi connectivity index (χ2v) is 4.69. The molecule has 0 radical (unpaired) electrons. The average molecular weight is 205 g/mol. The molecule has 0 aromatic carbocycles. The van der Waals surface area contributed by atoms with Crippen molar-refractivity contribution in [2.24, 2.45) is 11.1 Å². The van der Waals surface area contributed by atoms with Crippen LogP contribution in [0.4, 0.5) is 0 Å². The van der Waals surface area contributed by atoms with Crippen LogP contribution in [-0.2, 0) is 0 Å². The number of thioether (sulfide) groups is 1. The highest BCUT2D eigenvalue weighted by Crippen LogP contribution is 2.28. The fraction of sp³-hybridized carbons (Fsp3) is 1.00. The van der Waals surface area contributed by atoms with Gasteiger partial charge in [0.1, 0.15) is 0 Å². The van der Waals surface area contributed by atoms with Crippen LogP contribution in [0.3, 0.4) is 0 Å². The standard InChI is InChI=1S/C10H23NOS/c1-3-5-10(8-11,9-12)6-4-7-13-2/h12H,3-9,11H2,1-2H3. The van der Waals surface area contributed by atoms with Gasteiger partial charge in [-0.1, -0.05) is 13.3 Å². The first-order valence-electron chi connectivity index (χ1n) is 5.04. The molecule has 0 saturated carbocycles. The lowest BCUT2D eigenvalue weighted by Crippen LogP contribution is -2.34. The predicted molar refractivity (Wildman–Crippen MR) is 61.1 cm³/mol. The Hall–Kier alpha value is 0.270. The van der Waals surface area contributed by atoms with Crippen LogP contribution in [0.15, 0.2) is 0 Å². The van der Waals surface area contributed by atoms with Gasteiger partial charge in [0.2, 0.25) is 0 Å². The molecule has 0 amide bonds. The number of hydrogen-bond donors (Lipinski definition) is 2. The minimum absolute atomic E-state index is 0.00444. The van der Waals surface area contributed by atoms with E-state index in [-0.39, 0.29) is 12.0 Å². The van der Waals surface area contributed by atoms with Crippen molar-refractivity contribution in [2.45, 2.75) is 32.6 Å². The van der Waals surface area contributed by atoms with Crippen molar-refractivity contribution >= 4 is 11.8 Å². The molecule has 0 spiro atoms. The molecule has 0 aromatic heterocycles. The number of hydrogen-bond acceptors (Lipinski definition) is 3. The molecular weight excluding hydrogens is 182 g/mol. The van der Waals surface area contributed by atoms with Crippen molar-refractivity contribution in [1.29, 1.82) is 0 Å². The molecule has 2 nitrogen and oxygen atoms in total. The Morgan fingerprint density at radius 1 is 1.38 bits per heavy atom. The molecule has 0 aromatic rings. The van der Waals surface area contributed by atoms with Gasteiger partial charge in [-0.2, -0.15) is 11.8 Å². The summed E-state index contributed by atoms with van der Waals surface area (Å²) in [6, 6.07) is 0. The van der Waals surface area contributed by atoms with Crippen molar-refractivity contribution in [3.8, 4) is 0 Å². The van der Waals surface area contributed by atoms with Crippen LogP contribution in [0.5, 0.6) is 0 Å². The molecule has 13 heavy (non-hydrogen) atoms. The fourth-order valence-corrected chi connectivity index (χ4v) is 2.11. The largest absolute Gasteiger partial charge is 0.396 e. The van der Waals surface area contributed by atoms with Gasteiger partial charge in [0, 0.05) is 18.6 Å². The molecule has 0 bridgehead atoms. The predicted octanol–water partition coefficient (Wildman–Crippen LogP) is 1.87. The first kappa shape index (κ1) is 13.3. The highest BCUT2D eigenvalue weighted by Gasteiger charge is 2.25. The van der Waals surface area contributed by atoms with Crippen molar-refractivity contribution in [3.05, 3.63) is 0 Å². The van der Waals surface area contributed by atoms with E-state index in [1.807, 2.05) is 11.8 Å². The van der Waals surface area contributed by atoms with Crippen molar-refractivity contribution in [1.82, 2.24) is 0 Å². The molecule has 1 unspecified atom stereocenters. The summed E-state index contributed by atoms with van der Waals surface area (Å²) < 4.78 is 0. The Bertz CT molecular complexity index is 115. The third-order valence-electron chi connectivity index (χ3n) is 2.60. The summed E-state index contributed by atoms with van der Waals surface area (Å²) in [5, 5.41) is 9.32. The van der Waals surface area contributed by atoms with E-state index in [4.69, 9.17) is 5.73 Å². The summed E-state index contributed by atoms with van der Waals surface area (Å²) in [4.78, 5) is 0. The highest BCUT2D eigenvalue weighted by atomic mass is 32.2. The lowest BCUT2D eigenvalue weighted by atomic mass is 9.80. The maximum Gasteiger partial charge on any atom is 0.0499 e. The summed E-state index contributed by atoms with van der Waals surface area (Å²) in [5.74, 6) is 1.17. The van der Waals surface area contributed by atoms with Gasteiger partial charge < -0.3 is 10.8 Å². The van der Waals surface area contributed by atoms with Gasteiger partial charge in [-0.3, -0.25) is 0 Å². The minimum Gasteiger partial charge on any atom is -0.396 e. The molecule has 0 fully saturated rings. The number of aliphatic hydroxyl groups is 1. The van der Waals surface area contributed by atoms with Crippen molar-refractivity contribution in [3.63, 3.8) is 0 Å². The molecule has 3 heteroatoms. The van der Waals surface area contributed by atoms with Crippen LogP contribution in [-0.4, -0.2) is 30.3 Å². The Morgan fingerprint density at radius 2 is 2.08 bits per heavy atom. The van der Waals surface area contributed by atoms with Gasteiger partial charge in [0.15, 0.2) is 0 Å². The molecule has 0 heterocycles. The van der Waals surface area contributed by atoms with E-state index in [2.05, 4.69) is 13.2 Å². The molecule has 1 atom stereocenters. The van der Waals surface area contributed by atoms with Crippen LogP contribution in [0, 0.1) is 5.41 Å². The third kappa shape index (κ3) is 4.89. The zero-order valence-corrected chi connectivity index (χ0v) is 9.70. The zero-order chi connectivity index (χ0) is 10.2. The first-order chi connectivity index (χ1) is 6.24. The van der Waals surface area contributed by atoms with Crippen LogP contribution in [0.25, 0.3) is 0 Å². The van der Waals surface area contributed by atoms with E-state index in [9.17, 15) is 5.11 Å². The average Bonchev–Trinajstić information content (AvgIpc) is 2.17. The normalized spacial score (nSPS) is 15.7. The smallest absolute Gasteiger partial charge is 0.0499 e. The van der Waals surface area contributed by atoms with E-state index in [1.54, 1.807) is 0 Å². The van der Waals surface area contributed by atoms with Gasteiger partial charge in [-0.05, 0) is 31.3 Å². The Balaban J connectivity index is 3.89. The lowest BCUT2D eigenvalue weighted by molar-refractivity contribution is 0.111. The van der Waals surface area contributed by atoms with E-state index in [0.717, 1.165) is 19.3 Å². The van der Waals surface area contributed by atoms with Gasteiger partial charge in [-0.25, -0.2) is 0 Å². The van der Waals surface area contributed by atoms with E-state index in [0.29, 0.717) is 6.54 Å². The minimum atomic E-state index is 0.00444. The summed E-state index contributed by atoms with van der Waals surface area (Å²) in [6.45, 7) is 3.01. The van der Waals surface area contributed by atoms with Gasteiger partial charge in [-0.15, -0.1) is 0 Å². The Morgan fingerprint density at radius 3 is 2.46 bits per heavy atom. The molecule has 0 aliphatic carbocycles. The highest BCUT2D eigenvalue weighted by molar-refractivity contribution is 7.98. The molecule has 3 N–H and O–H groups in total. The summed E-state index contributed by atoms with van der Waals surface area (Å²) in [5.41, 5.74) is 5.72. The van der Waals surface area contributed by atoms with Crippen LogP contribution in [0.1, 0.15) is 32.6 Å². The number of rotatable bonds is 8. The third-order valence-corrected chi connectivity index (χ3v) is 3.30. The first-order valence-corrected chi connectivity index (χ1v) is 6.44. The zero-order valence-electron chi connectivity index (χ0n) is 8.88. The quantitative estimate of drug-likeness (QED) is 0.595. The van der Waals surface area contributed by atoms with E-state index >= 15 is 0 Å². The molecule has 0 aliphatic heterocycles. The van der Waals surface area contributed by atoms with E-state index in [1.165, 1.54) is 12.2 Å². The topological polar surface area (TPSA) is 46.2 Å². The molecule has 0 rings (SSSR count). The van der Waals surface area contributed by atoms with Gasteiger partial charge in [0.05, 0.1) is 0 Å². The number of aliphatic hydroxyl groups excluding tert-OH is 1.